The van der Waals surface area contributed by atoms with Crippen LogP contribution in [0, 0.1) is 12.7 Å². The maximum absolute atomic E-state index is 13.8. The van der Waals surface area contributed by atoms with Gasteiger partial charge in [-0.25, -0.2) is 17.6 Å². The van der Waals surface area contributed by atoms with E-state index < -0.39 is 44.1 Å². The average Bonchev–Trinajstić information content (AvgIpc) is 3.30. The van der Waals surface area contributed by atoms with E-state index in [2.05, 4.69) is 5.32 Å². The van der Waals surface area contributed by atoms with Crippen molar-refractivity contribution in [2.24, 2.45) is 0 Å². The molecule has 1 saturated carbocycles. The number of rotatable bonds is 5. The van der Waals surface area contributed by atoms with Gasteiger partial charge in [0.15, 0.2) is 9.84 Å². The molecule has 0 aromatic heterocycles. The third kappa shape index (κ3) is 4.09. The summed E-state index contributed by atoms with van der Waals surface area (Å²) >= 11 is 0. The Morgan fingerprint density at radius 1 is 1.17 bits per heavy atom. The van der Waals surface area contributed by atoms with E-state index in [0.29, 0.717) is 11.8 Å². The van der Waals surface area contributed by atoms with E-state index in [9.17, 15) is 22.4 Å². The van der Waals surface area contributed by atoms with E-state index in [1.54, 1.807) is 32.9 Å². The predicted molar refractivity (Wildman–Crippen MR) is 109 cm³/mol. The number of carbonyl (C=O) groups excluding carboxylic acids is 2. The van der Waals surface area contributed by atoms with Gasteiger partial charge in [0.1, 0.15) is 28.5 Å². The average molecular weight is 434 g/mol. The molecule has 3 rings (SSSR count). The Balaban J connectivity index is 2.06. The minimum absolute atomic E-state index is 0.0224. The fourth-order valence-corrected chi connectivity index (χ4v) is 5.88. The zero-order valence-corrected chi connectivity index (χ0v) is 18.0. The van der Waals surface area contributed by atoms with Crippen molar-refractivity contribution in [3.05, 3.63) is 65.5 Å². The maximum atomic E-state index is 13.8. The Bertz CT molecular complexity index is 1080. The molecule has 3 atom stereocenters. The molecule has 1 aliphatic rings. The van der Waals surface area contributed by atoms with Crippen molar-refractivity contribution in [3.8, 4) is 0 Å². The summed E-state index contributed by atoms with van der Waals surface area (Å²) in [5, 5.41) is 1.16. The van der Waals surface area contributed by atoms with E-state index in [1.165, 1.54) is 36.4 Å². The van der Waals surface area contributed by atoms with E-state index >= 15 is 0 Å². The van der Waals surface area contributed by atoms with Crippen LogP contribution >= 0.6 is 0 Å². The first-order valence-electron chi connectivity index (χ1n) is 9.44. The summed E-state index contributed by atoms with van der Waals surface area (Å²) in [6.07, 6.45) is -0.513. The van der Waals surface area contributed by atoms with Crippen molar-refractivity contribution in [1.29, 1.82) is 0 Å². The molecule has 8 heteroatoms. The number of amides is 1. The SMILES string of the molecule is Cc1ccc(S(=O)(=O)[C@H]2[C@H](c3cccc(F)c3)[C@@]2(C=O)NC(=O)OC(C)(C)C)cc1. The second-order valence-electron chi connectivity index (χ2n) is 8.49. The van der Waals surface area contributed by atoms with Gasteiger partial charge in [-0.2, -0.15) is 0 Å². The molecule has 1 fully saturated rings. The molecule has 1 amide bonds. The highest BCUT2D eigenvalue weighted by molar-refractivity contribution is 7.92. The van der Waals surface area contributed by atoms with Crippen LogP contribution in [0.2, 0.25) is 0 Å². The van der Waals surface area contributed by atoms with Crippen molar-refractivity contribution in [3.63, 3.8) is 0 Å². The van der Waals surface area contributed by atoms with Crippen LogP contribution in [-0.2, 0) is 19.4 Å². The maximum Gasteiger partial charge on any atom is 0.408 e. The summed E-state index contributed by atoms with van der Waals surface area (Å²) in [5.41, 5.74) is -1.43. The first kappa shape index (κ1) is 22.0. The van der Waals surface area contributed by atoms with Gasteiger partial charge in [0, 0.05) is 5.92 Å². The lowest BCUT2D eigenvalue weighted by atomic mass is 10.1. The zero-order valence-electron chi connectivity index (χ0n) is 17.2. The Kier molecular flexibility index (Phi) is 5.49. The van der Waals surface area contributed by atoms with Crippen LogP contribution in [0.1, 0.15) is 37.8 Å². The lowest BCUT2D eigenvalue weighted by Crippen LogP contribution is -2.45. The van der Waals surface area contributed by atoms with Crippen molar-refractivity contribution < 1.29 is 27.1 Å². The highest BCUT2D eigenvalue weighted by atomic mass is 32.2. The van der Waals surface area contributed by atoms with E-state index in [1.807, 2.05) is 6.92 Å². The van der Waals surface area contributed by atoms with E-state index in [-0.39, 0.29) is 4.90 Å². The lowest BCUT2D eigenvalue weighted by molar-refractivity contribution is -0.110. The van der Waals surface area contributed by atoms with Gasteiger partial charge in [0.05, 0.1) is 4.90 Å². The summed E-state index contributed by atoms with van der Waals surface area (Å²) in [6, 6.07) is 11.6. The van der Waals surface area contributed by atoms with E-state index in [0.717, 1.165) is 5.56 Å². The van der Waals surface area contributed by atoms with Gasteiger partial charge < -0.3 is 14.8 Å². The quantitative estimate of drug-likeness (QED) is 0.729. The Hall–Kier alpha value is -2.74. The van der Waals surface area contributed by atoms with Crippen molar-refractivity contribution in [2.75, 3.05) is 0 Å². The Morgan fingerprint density at radius 3 is 2.33 bits per heavy atom. The molecule has 0 aliphatic heterocycles. The summed E-state index contributed by atoms with van der Waals surface area (Å²) in [5.74, 6) is -1.52. The topological polar surface area (TPSA) is 89.5 Å². The Morgan fingerprint density at radius 2 is 1.80 bits per heavy atom. The first-order chi connectivity index (χ1) is 13.9. The molecule has 0 unspecified atom stereocenters. The molecule has 1 N–H and O–H groups in total. The molecule has 0 radical (unpaired) electrons. The van der Waals surface area contributed by atoms with Gasteiger partial charge in [-0.1, -0.05) is 29.8 Å². The third-order valence-corrected chi connectivity index (χ3v) is 7.24. The molecule has 0 spiro atoms. The number of aldehydes is 1. The monoisotopic (exact) mass is 433 g/mol. The van der Waals surface area contributed by atoms with Gasteiger partial charge in [0.2, 0.25) is 0 Å². The van der Waals surface area contributed by atoms with Gasteiger partial charge in [-0.15, -0.1) is 0 Å². The largest absolute Gasteiger partial charge is 0.444 e. The predicted octanol–water partition coefficient (Wildman–Crippen LogP) is 3.54. The summed E-state index contributed by atoms with van der Waals surface area (Å²) in [6.45, 7) is 6.77. The molecular formula is C22H24FNO5S. The number of halogens is 1. The van der Waals surface area contributed by atoms with Crippen molar-refractivity contribution >= 4 is 22.2 Å². The minimum atomic E-state index is -4.03. The van der Waals surface area contributed by atoms with Crippen LogP contribution in [0.5, 0.6) is 0 Å². The lowest BCUT2D eigenvalue weighted by Gasteiger charge is -2.22. The van der Waals surface area contributed by atoms with Gasteiger partial charge in [-0.3, -0.25) is 0 Å². The molecular weight excluding hydrogens is 409 g/mol. The van der Waals surface area contributed by atoms with Crippen LogP contribution in [0.15, 0.2) is 53.4 Å². The number of nitrogens with one attached hydrogen (secondary N) is 1. The number of sulfone groups is 1. The number of benzene rings is 2. The third-order valence-electron chi connectivity index (χ3n) is 4.98. The van der Waals surface area contributed by atoms with Crippen molar-refractivity contribution in [1.82, 2.24) is 5.32 Å². The molecule has 0 bridgehead atoms. The number of hydrogen-bond donors (Lipinski definition) is 1. The minimum Gasteiger partial charge on any atom is -0.444 e. The number of alkyl carbamates (subject to hydrolysis) is 1. The molecule has 2 aromatic rings. The molecule has 0 saturated heterocycles. The van der Waals surface area contributed by atoms with Crippen LogP contribution in [0.3, 0.4) is 0 Å². The smallest absolute Gasteiger partial charge is 0.408 e. The highest BCUT2D eigenvalue weighted by Crippen LogP contribution is 2.56. The van der Waals surface area contributed by atoms with Crippen LogP contribution in [0.25, 0.3) is 0 Å². The number of hydrogen-bond acceptors (Lipinski definition) is 5. The molecule has 6 nitrogen and oxygen atoms in total. The first-order valence-corrected chi connectivity index (χ1v) is 11.0. The second kappa shape index (κ2) is 7.50. The number of ether oxygens (including phenoxy) is 1. The zero-order chi connectivity index (χ0) is 22.3. The highest BCUT2D eigenvalue weighted by Gasteiger charge is 2.73. The molecule has 0 heterocycles. The Labute approximate surface area is 175 Å². The summed E-state index contributed by atoms with van der Waals surface area (Å²) < 4.78 is 45.8. The normalized spacial score (nSPS) is 23.5. The molecule has 1 aliphatic carbocycles. The van der Waals surface area contributed by atoms with Gasteiger partial charge in [0.25, 0.3) is 0 Å². The summed E-state index contributed by atoms with van der Waals surface area (Å²) in [4.78, 5) is 24.6. The van der Waals surface area contributed by atoms with Gasteiger partial charge in [-0.05, 0) is 57.5 Å². The molecule has 160 valence electrons. The second-order valence-corrected chi connectivity index (χ2v) is 10.6. The van der Waals surface area contributed by atoms with Gasteiger partial charge >= 0.3 is 6.09 Å². The molecule has 2 aromatic carbocycles. The van der Waals surface area contributed by atoms with Crippen LogP contribution < -0.4 is 5.32 Å². The standard InChI is InChI=1S/C22H24FNO5S/c1-14-8-10-17(11-9-14)30(27,28)19-18(15-6-5-7-16(23)12-15)22(19,13-25)24-20(26)29-21(2,3)4/h5-13,18-19H,1-4H3,(H,24,26)/t18-,19-,22+/m0/s1. The van der Waals surface area contributed by atoms with Crippen molar-refractivity contribution in [2.45, 2.75) is 54.9 Å². The number of carbonyl (C=O) groups is 2. The fraction of sp³-hybridized carbons (Fsp3) is 0.364. The van der Waals surface area contributed by atoms with Crippen LogP contribution in [-0.4, -0.2) is 37.2 Å². The van der Waals surface area contributed by atoms with Crippen LogP contribution in [0.4, 0.5) is 9.18 Å². The van der Waals surface area contributed by atoms with E-state index in [4.69, 9.17) is 4.74 Å². The number of aryl methyl sites for hydroxylation is 1. The fourth-order valence-electron chi connectivity index (χ4n) is 3.63. The summed E-state index contributed by atoms with van der Waals surface area (Å²) in [7, 11) is -4.03. The molecule has 30 heavy (non-hydrogen) atoms.